The maximum atomic E-state index is 12.1. The molecule has 1 rings (SSSR count). The number of nitrogens with one attached hydrogen (secondary N) is 1. The summed E-state index contributed by atoms with van der Waals surface area (Å²) in [6.45, 7) is 5.02. The predicted molar refractivity (Wildman–Crippen MR) is 79.8 cm³/mol. The van der Waals surface area contributed by atoms with Crippen LogP contribution in [0.3, 0.4) is 0 Å². The lowest BCUT2D eigenvalue weighted by atomic mass is 10.3. The van der Waals surface area contributed by atoms with Gasteiger partial charge in [-0.15, -0.1) is 11.3 Å². The van der Waals surface area contributed by atoms with Crippen LogP contribution in [0.1, 0.15) is 37.6 Å². The Morgan fingerprint density at radius 3 is 2.79 bits per heavy atom. The first-order valence-electron chi connectivity index (χ1n) is 6.50. The smallest absolute Gasteiger partial charge is 0.317 e. The molecule has 1 atom stereocenters. The number of hydrogen-bond donors (Lipinski definition) is 2. The Kier molecular flexibility index (Phi) is 7.20. The van der Waals surface area contributed by atoms with Gasteiger partial charge in [0.05, 0.1) is 17.0 Å². The van der Waals surface area contributed by atoms with Crippen molar-refractivity contribution in [3.05, 3.63) is 21.3 Å². The van der Waals surface area contributed by atoms with E-state index >= 15 is 0 Å². The minimum absolute atomic E-state index is 0.0175. The van der Waals surface area contributed by atoms with E-state index in [1.54, 1.807) is 4.90 Å². The molecule has 0 aliphatic carbocycles. The third kappa shape index (κ3) is 5.38. The Balaban J connectivity index is 2.54. The highest BCUT2D eigenvalue weighted by Gasteiger charge is 2.16. The molecule has 0 spiro atoms. The second-order valence-corrected chi connectivity index (χ2v) is 6.12. The monoisotopic (exact) mass is 304 g/mol. The maximum absolute atomic E-state index is 12.1. The van der Waals surface area contributed by atoms with Crippen molar-refractivity contribution in [3.8, 4) is 0 Å². The Hall–Kier alpha value is -0.780. The van der Waals surface area contributed by atoms with Gasteiger partial charge in [-0.2, -0.15) is 0 Å². The lowest BCUT2D eigenvalue weighted by Gasteiger charge is -2.24. The van der Waals surface area contributed by atoms with Crippen LogP contribution in [0, 0.1) is 0 Å². The standard InChI is InChI=1S/C13H21ClN2O2S/c1-3-4-7-16(8-9-17)13(18)15-10(2)11-5-6-12(14)19-11/h5-6,10,17H,3-4,7-9H2,1-2H3,(H,15,18). The number of carbonyl (C=O) groups excluding carboxylic acids is 1. The number of aliphatic hydroxyl groups is 1. The number of amides is 2. The molecule has 0 bridgehead atoms. The summed E-state index contributed by atoms with van der Waals surface area (Å²) < 4.78 is 0.717. The number of nitrogens with zero attached hydrogens (tertiary/aromatic N) is 1. The number of aliphatic hydroxyl groups excluding tert-OH is 1. The quantitative estimate of drug-likeness (QED) is 0.812. The molecule has 0 aliphatic rings. The lowest BCUT2D eigenvalue weighted by Crippen LogP contribution is -2.42. The Labute approximate surface area is 123 Å². The Morgan fingerprint density at radius 2 is 2.26 bits per heavy atom. The first-order chi connectivity index (χ1) is 9.08. The van der Waals surface area contributed by atoms with Gasteiger partial charge in [0.15, 0.2) is 0 Å². The number of urea groups is 1. The number of rotatable bonds is 7. The van der Waals surface area contributed by atoms with E-state index in [1.807, 2.05) is 19.1 Å². The van der Waals surface area contributed by atoms with Crippen molar-refractivity contribution in [1.82, 2.24) is 10.2 Å². The van der Waals surface area contributed by atoms with Crippen LogP contribution in [-0.2, 0) is 0 Å². The van der Waals surface area contributed by atoms with Gasteiger partial charge in [-0.25, -0.2) is 4.79 Å². The first kappa shape index (κ1) is 16.3. The molecule has 6 heteroatoms. The summed E-state index contributed by atoms with van der Waals surface area (Å²) in [4.78, 5) is 14.8. The van der Waals surface area contributed by atoms with E-state index in [9.17, 15) is 4.79 Å². The van der Waals surface area contributed by atoms with E-state index in [0.29, 0.717) is 17.4 Å². The average Bonchev–Trinajstić information content (AvgIpc) is 2.81. The molecule has 0 aromatic carbocycles. The van der Waals surface area contributed by atoms with Crippen molar-refractivity contribution in [3.63, 3.8) is 0 Å². The summed E-state index contributed by atoms with van der Waals surface area (Å²) >= 11 is 7.35. The molecule has 0 aliphatic heterocycles. The van der Waals surface area contributed by atoms with Gasteiger partial charge in [0, 0.05) is 18.0 Å². The molecule has 1 heterocycles. The van der Waals surface area contributed by atoms with E-state index in [-0.39, 0.29) is 18.7 Å². The molecule has 108 valence electrons. The molecule has 2 N–H and O–H groups in total. The SMILES string of the molecule is CCCCN(CCO)C(=O)NC(C)c1ccc(Cl)s1. The Morgan fingerprint density at radius 1 is 1.53 bits per heavy atom. The van der Waals surface area contributed by atoms with Crippen molar-refractivity contribution in [2.45, 2.75) is 32.7 Å². The number of halogens is 1. The van der Waals surface area contributed by atoms with Gasteiger partial charge >= 0.3 is 6.03 Å². The summed E-state index contributed by atoms with van der Waals surface area (Å²) in [7, 11) is 0. The van der Waals surface area contributed by atoms with Crippen LogP contribution in [-0.4, -0.2) is 35.7 Å². The van der Waals surface area contributed by atoms with Crippen LogP contribution in [0.4, 0.5) is 4.79 Å². The second kappa shape index (κ2) is 8.40. The molecule has 0 fully saturated rings. The summed E-state index contributed by atoms with van der Waals surface area (Å²) in [6.07, 6.45) is 1.96. The highest BCUT2D eigenvalue weighted by atomic mass is 35.5. The van der Waals surface area contributed by atoms with Crippen LogP contribution >= 0.6 is 22.9 Å². The van der Waals surface area contributed by atoms with Gasteiger partial charge in [0.25, 0.3) is 0 Å². The van der Waals surface area contributed by atoms with Crippen molar-refractivity contribution < 1.29 is 9.90 Å². The molecule has 0 radical (unpaired) electrons. The topological polar surface area (TPSA) is 52.6 Å². The fraction of sp³-hybridized carbons (Fsp3) is 0.615. The van der Waals surface area contributed by atoms with Crippen molar-refractivity contribution >= 4 is 29.0 Å². The highest BCUT2D eigenvalue weighted by molar-refractivity contribution is 7.16. The van der Waals surface area contributed by atoms with Gasteiger partial charge in [-0.05, 0) is 25.5 Å². The first-order valence-corrected chi connectivity index (χ1v) is 7.69. The number of hydrogen-bond acceptors (Lipinski definition) is 3. The normalized spacial score (nSPS) is 12.2. The van der Waals surface area contributed by atoms with Crippen LogP contribution in [0.15, 0.2) is 12.1 Å². The van der Waals surface area contributed by atoms with Crippen LogP contribution in [0.25, 0.3) is 0 Å². The summed E-state index contributed by atoms with van der Waals surface area (Å²) in [5.41, 5.74) is 0. The molecule has 0 saturated carbocycles. The fourth-order valence-electron chi connectivity index (χ4n) is 1.69. The van der Waals surface area contributed by atoms with E-state index < -0.39 is 0 Å². The minimum Gasteiger partial charge on any atom is -0.395 e. The van der Waals surface area contributed by atoms with Gasteiger partial charge in [0.1, 0.15) is 0 Å². The molecule has 19 heavy (non-hydrogen) atoms. The maximum Gasteiger partial charge on any atom is 0.317 e. The average molecular weight is 305 g/mol. The molecule has 2 amide bonds. The number of carbonyl (C=O) groups is 1. The second-order valence-electron chi connectivity index (χ2n) is 4.38. The zero-order valence-electron chi connectivity index (χ0n) is 11.4. The van der Waals surface area contributed by atoms with Gasteiger partial charge in [-0.3, -0.25) is 0 Å². The lowest BCUT2D eigenvalue weighted by molar-refractivity contribution is 0.174. The van der Waals surface area contributed by atoms with Crippen LogP contribution in [0.2, 0.25) is 4.34 Å². The van der Waals surface area contributed by atoms with Crippen molar-refractivity contribution in [2.24, 2.45) is 0 Å². The van der Waals surface area contributed by atoms with Crippen LogP contribution in [0.5, 0.6) is 0 Å². The molecule has 1 unspecified atom stereocenters. The third-order valence-electron chi connectivity index (χ3n) is 2.80. The molecular formula is C13H21ClN2O2S. The summed E-state index contributed by atoms with van der Waals surface area (Å²) in [6, 6.07) is 3.53. The van der Waals surface area contributed by atoms with E-state index in [0.717, 1.165) is 17.7 Å². The van der Waals surface area contributed by atoms with Gasteiger partial charge in [-0.1, -0.05) is 24.9 Å². The molecule has 0 saturated heterocycles. The molecule has 4 nitrogen and oxygen atoms in total. The summed E-state index contributed by atoms with van der Waals surface area (Å²) in [5.74, 6) is 0. The van der Waals surface area contributed by atoms with Crippen molar-refractivity contribution in [1.29, 1.82) is 0 Å². The molecular weight excluding hydrogens is 284 g/mol. The van der Waals surface area contributed by atoms with Gasteiger partial charge < -0.3 is 15.3 Å². The molecule has 1 aromatic rings. The predicted octanol–water partition coefficient (Wildman–Crippen LogP) is 3.27. The largest absolute Gasteiger partial charge is 0.395 e. The number of thiophene rings is 1. The summed E-state index contributed by atoms with van der Waals surface area (Å²) in [5, 5.41) is 11.9. The van der Waals surface area contributed by atoms with Gasteiger partial charge in [0.2, 0.25) is 0 Å². The zero-order chi connectivity index (χ0) is 14.3. The van der Waals surface area contributed by atoms with E-state index in [1.165, 1.54) is 11.3 Å². The van der Waals surface area contributed by atoms with Crippen molar-refractivity contribution in [2.75, 3.05) is 19.7 Å². The van der Waals surface area contributed by atoms with Crippen LogP contribution < -0.4 is 5.32 Å². The molecule has 1 aromatic heterocycles. The fourth-order valence-corrected chi connectivity index (χ4v) is 2.76. The third-order valence-corrected chi connectivity index (χ3v) is 4.21. The van der Waals surface area contributed by atoms with E-state index in [4.69, 9.17) is 16.7 Å². The zero-order valence-corrected chi connectivity index (χ0v) is 12.9. The number of unbranched alkanes of at least 4 members (excludes halogenated alkanes) is 1. The Bertz CT molecular complexity index is 398. The highest BCUT2D eigenvalue weighted by Crippen LogP contribution is 2.26. The van der Waals surface area contributed by atoms with E-state index in [2.05, 4.69) is 12.2 Å². The minimum atomic E-state index is -0.139.